The number of piperidine rings is 1. The number of hydrogen-bond acceptors (Lipinski definition) is 8. The van der Waals surface area contributed by atoms with Gasteiger partial charge < -0.3 is 19.1 Å². The molecule has 9 heteroatoms. The van der Waals surface area contributed by atoms with E-state index in [2.05, 4.69) is 36.5 Å². The summed E-state index contributed by atoms with van der Waals surface area (Å²) < 4.78 is 18.7. The average Bonchev–Trinajstić information content (AvgIpc) is 3.29. The first-order chi connectivity index (χ1) is 18.3. The van der Waals surface area contributed by atoms with E-state index in [1.54, 1.807) is 24.4 Å². The van der Waals surface area contributed by atoms with E-state index >= 15 is 0 Å². The number of hydrogen-bond donors (Lipinski definition) is 0. The van der Waals surface area contributed by atoms with Crippen LogP contribution >= 0.6 is 0 Å². The highest BCUT2D eigenvalue weighted by Gasteiger charge is 2.38. The third-order valence-corrected chi connectivity index (χ3v) is 7.23. The second-order valence-corrected chi connectivity index (χ2v) is 11.8. The number of fused-ring (bicyclic) bond motifs is 1. The molecule has 1 aliphatic heterocycles. The predicted molar refractivity (Wildman–Crippen MR) is 152 cm³/mol. The Bertz CT molecular complexity index is 1170. The zero-order valence-electron chi connectivity index (χ0n) is 25.0. The number of esters is 2. The number of carbonyl (C=O) groups is 2. The molecule has 1 fully saturated rings. The monoisotopic (exact) mass is 542 g/mol. The van der Waals surface area contributed by atoms with Gasteiger partial charge in [0.1, 0.15) is 5.82 Å². The molecule has 2 aromatic rings. The number of anilines is 1. The summed E-state index contributed by atoms with van der Waals surface area (Å²) in [7, 11) is 0. The number of allylic oxidation sites excluding steroid dienone is 1. The van der Waals surface area contributed by atoms with E-state index in [0.717, 1.165) is 38.8 Å². The van der Waals surface area contributed by atoms with Gasteiger partial charge in [0.2, 0.25) is 0 Å². The fourth-order valence-electron chi connectivity index (χ4n) is 5.12. The van der Waals surface area contributed by atoms with Gasteiger partial charge in [-0.2, -0.15) is 9.61 Å². The van der Waals surface area contributed by atoms with Crippen molar-refractivity contribution in [2.24, 2.45) is 11.3 Å². The molecule has 1 saturated heterocycles. The second kappa shape index (κ2) is 12.5. The largest absolute Gasteiger partial charge is 0.464 e. The van der Waals surface area contributed by atoms with Gasteiger partial charge in [-0.3, -0.25) is 0 Å². The van der Waals surface area contributed by atoms with Crippen LogP contribution in [0.15, 0.2) is 18.7 Å². The molecule has 1 unspecified atom stereocenters. The quantitative estimate of drug-likeness (QED) is 0.258. The van der Waals surface area contributed by atoms with Gasteiger partial charge in [-0.15, -0.1) is 6.58 Å². The number of carbonyl (C=O) groups excluding carboxylic acids is 2. The summed E-state index contributed by atoms with van der Waals surface area (Å²) in [6, 6.07) is 1.63. The van der Waals surface area contributed by atoms with Crippen LogP contribution in [-0.4, -0.2) is 58.4 Å². The van der Waals surface area contributed by atoms with Gasteiger partial charge in [-0.25, -0.2) is 14.6 Å². The minimum Gasteiger partial charge on any atom is -0.464 e. The number of nitrogens with zero attached hydrogens (tertiary/aromatic N) is 4. The van der Waals surface area contributed by atoms with E-state index in [1.165, 1.54) is 0 Å². The van der Waals surface area contributed by atoms with E-state index in [1.807, 2.05) is 27.7 Å². The van der Waals surface area contributed by atoms with Crippen LogP contribution in [0.5, 0.6) is 0 Å². The van der Waals surface area contributed by atoms with E-state index in [9.17, 15) is 9.59 Å². The maximum absolute atomic E-state index is 13.3. The number of aromatic nitrogens is 3. The molecule has 216 valence electrons. The summed E-state index contributed by atoms with van der Waals surface area (Å²) in [5, 5.41) is 4.62. The van der Waals surface area contributed by atoms with Crippen molar-refractivity contribution in [1.82, 2.24) is 14.6 Å². The van der Waals surface area contributed by atoms with Gasteiger partial charge in [0, 0.05) is 24.8 Å². The lowest BCUT2D eigenvalue weighted by molar-refractivity contribution is -0.166. The first-order valence-corrected chi connectivity index (χ1v) is 14.1. The van der Waals surface area contributed by atoms with Crippen LogP contribution in [0.25, 0.3) is 5.65 Å². The van der Waals surface area contributed by atoms with Crippen molar-refractivity contribution in [3.63, 3.8) is 0 Å². The average molecular weight is 543 g/mol. The summed E-state index contributed by atoms with van der Waals surface area (Å²) in [6.45, 7) is 21.7. The van der Waals surface area contributed by atoms with Crippen LogP contribution in [0, 0.1) is 18.3 Å². The summed E-state index contributed by atoms with van der Waals surface area (Å²) in [5.41, 5.74) is 1.32. The Kier molecular flexibility index (Phi) is 9.80. The van der Waals surface area contributed by atoms with E-state index < -0.39 is 23.6 Å². The third-order valence-electron chi connectivity index (χ3n) is 7.23. The van der Waals surface area contributed by atoms with Crippen LogP contribution in [0.4, 0.5) is 5.82 Å². The molecule has 0 aromatic carbocycles. The van der Waals surface area contributed by atoms with Crippen LogP contribution in [-0.2, 0) is 19.0 Å². The Morgan fingerprint density at radius 1 is 1.15 bits per heavy atom. The Morgan fingerprint density at radius 3 is 2.33 bits per heavy atom. The zero-order chi connectivity index (χ0) is 29.0. The highest BCUT2D eigenvalue weighted by Crippen LogP contribution is 2.42. The van der Waals surface area contributed by atoms with E-state index in [4.69, 9.17) is 19.2 Å². The van der Waals surface area contributed by atoms with Crippen molar-refractivity contribution in [3.8, 4) is 0 Å². The second-order valence-electron chi connectivity index (χ2n) is 11.8. The predicted octanol–water partition coefficient (Wildman–Crippen LogP) is 5.84. The smallest absolute Gasteiger partial charge is 0.358 e. The Labute approximate surface area is 232 Å². The Balaban J connectivity index is 2.17. The summed E-state index contributed by atoms with van der Waals surface area (Å²) >= 11 is 0. The fraction of sp³-hybridized carbons (Fsp3) is 0.667. The van der Waals surface area contributed by atoms with Crippen molar-refractivity contribution >= 4 is 23.4 Å². The van der Waals surface area contributed by atoms with Crippen LogP contribution in [0.1, 0.15) is 102 Å². The Hall–Kier alpha value is -2.94. The van der Waals surface area contributed by atoms with Crippen molar-refractivity contribution in [2.75, 3.05) is 31.2 Å². The molecule has 9 nitrogen and oxygen atoms in total. The van der Waals surface area contributed by atoms with E-state index in [0.29, 0.717) is 28.6 Å². The molecule has 0 N–H and O–H groups in total. The zero-order valence-corrected chi connectivity index (χ0v) is 25.0. The minimum absolute atomic E-state index is 0.0603. The minimum atomic E-state index is -1.01. The van der Waals surface area contributed by atoms with Crippen molar-refractivity contribution in [3.05, 3.63) is 35.7 Å². The summed E-state index contributed by atoms with van der Waals surface area (Å²) in [6.07, 6.45) is 5.18. The van der Waals surface area contributed by atoms with Gasteiger partial charge in [-0.05, 0) is 72.1 Å². The molecule has 1 atom stereocenters. The SMILES string of the molecule is C=CC1(CCC(C)C)CCN(c2c(C(OC(C)(C)C)C(=O)OCC)c(C)nc3cc(C(=O)OCC)nn23)CC1. The molecule has 3 heterocycles. The highest BCUT2D eigenvalue weighted by molar-refractivity contribution is 5.89. The molecule has 2 aromatic heterocycles. The molecule has 1 aliphatic rings. The highest BCUT2D eigenvalue weighted by atomic mass is 16.6. The topological polar surface area (TPSA) is 95.3 Å². The third kappa shape index (κ3) is 7.18. The summed E-state index contributed by atoms with van der Waals surface area (Å²) in [5.74, 6) is 0.320. The molecular weight excluding hydrogens is 496 g/mol. The lowest BCUT2D eigenvalue weighted by atomic mass is 9.74. The van der Waals surface area contributed by atoms with Gasteiger partial charge >= 0.3 is 11.9 Å². The molecule has 39 heavy (non-hydrogen) atoms. The molecular formula is C30H46N4O5. The van der Waals surface area contributed by atoms with Crippen molar-refractivity contribution in [2.45, 2.75) is 92.8 Å². The number of aryl methyl sites for hydroxylation is 1. The molecule has 0 amide bonds. The fourth-order valence-corrected chi connectivity index (χ4v) is 5.12. The maximum atomic E-state index is 13.3. The normalized spacial score (nSPS) is 16.4. The van der Waals surface area contributed by atoms with Gasteiger partial charge in [0.25, 0.3) is 0 Å². The lowest BCUT2D eigenvalue weighted by Gasteiger charge is -2.42. The van der Waals surface area contributed by atoms with Gasteiger partial charge in [0.05, 0.1) is 24.4 Å². The number of rotatable bonds is 11. The van der Waals surface area contributed by atoms with Crippen LogP contribution in [0.3, 0.4) is 0 Å². The standard InChI is InChI=1S/C30H46N4O5/c1-10-30(14-13-20(4)5)15-17-33(18-16-30)26-24(25(28(36)38-12-3)39-29(7,8)9)21(6)31-23-19-22(32-34(23)26)27(35)37-11-2/h10,19-20,25H,1,11-18H2,2-9H3. The molecule has 0 spiro atoms. The Morgan fingerprint density at radius 2 is 1.79 bits per heavy atom. The molecule has 0 aliphatic carbocycles. The first kappa shape index (κ1) is 30.6. The molecule has 3 rings (SSSR count). The van der Waals surface area contributed by atoms with Crippen molar-refractivity contribution < 1.29 is 23.8 Å². The molecule has 0 bridgehead atoms. The van der Waals surface area contributed by atoms with Crippen molar-refractivity contribution in [1.29, 1.82) is 0 Å². The van der Waals surface area contributed by atoms with Crippen LogP contribution in [0.2, 0.25) is 0 Å². The lowest BCUT2D eigenvalue weighted by Crippen LogP contribution is -2.42. The van der Waals surface area contributed by atoms with Gasteiger partial charge in [0.15, 0.2) is 17.4 Å². The molecule has 0 saturated carbocycles. The van der Waals surface area contributed by atoms with E-state index in [-0.39, 0.29) is 24.3 Å². The first-order valence-electron chi connectivity index (χ1n) is 14.1. The molecule has 0 radical (unpaired) electrons. The van der Waals surface area contributed by atoms with Gasteiger partial charge in [-0.1, -0.05) is 26.3 Å². The maximum Gasteiger partial charge on any atom is 0.358 e. The summed E-state index contributed by atoms with van der Waals surface area (Å²) in [4.78, 5) is 32.9. The number of ether oxygens (including phenoxy) is 3. The van der Waals surface area contributed by atoms with Crippen LogP contribution < -0.4 is 4.90 Å².